The number of rotatable bonds is 4. The summed E-state index contributed by atoms with van der Waals surface area (Å²) in [7, 11) is 1.60. The average molecular weight is 207 g/mol. The molecule has 0 saturated carbocycles. The molecule has 0 fully saturated rings. The second-order valence-corrected chi connectivity index (χ2v) is 4.35. The molecule has 0 atom stereocenters. The Bertz CT molecular complexity index is 353. The lowest BCUT2D eigenvalue weighted by Gasteiger charge is -2.19. The molecule has 1 rings (SSSR count). The van der Waals surface area contributed by atoms with Crippen LogP contribution in [0.5, 0.6) is 5.75 Å². The van der Waals surface area contributed by atoms with E-state index in [1.165, 1.54) is 0 Å². The van der Waals surface area contributed by atoms with Gasteiger partial charge in [0, 0.05) is 11.1 Å². The highest BCUT2D eigenvalue weighted by atomic mass is 16.5. The smallest absolute Gasteiger partial charge is 0.150 e. The molecule has 0 saturated heterocycles. The summed E-state index contributed by atoms with van der Waals surface area (Å²) < 4.78 is 5.11. The molecule has 0 heterocycles. The Morgan fingerprint density at radius 1 is 1.47 bits per heavy atom. The Balaban J connectivity index is 3.06. The fourth-order valence-electron chi connectivity index (χ4n) is 1.47. The van der Waals surface area contributed by atoms with Crippen LogP contribution in [0, 0.1) is 0 Å². The van der Waals surface area contributed by atoms with E-state index in [9.17, 15) is 4.79 Å². The SMILES string of the molecule is COc1ccc(C=O)c(CC(C)(C)N)c1. The van der Waals surface area contributed by atoms with Gasteiger partial charge in [0.05, 0.1) is 7.11 Å². The molecular formula is C12H17NO2. The third kappa shape index (κ3) is 3.36. The van der Waals surface area contributed by atoms with Gasteiger partial charge in [-0.3, -0.25) is 4.79 Å². The van der Waals surface area contributed by atoms with Crippen molar-refractivity contribution in [2.24, 2.45) is 5.73 Å². The predicted molar refractivity (Wildman–Crippen MR) is 60.4 cm³/mol. The molecule has 0 aliphatic carbocycles. The Labute approximate surface area is 90.2 Å². The van der Waals surface area contributed by atoms with Gasteiger partial charge in [-0.1, -0.05) is 0 Å². The zero-order chi connectivity index (χ0) is 11.5. The van der Waals surface area contributed by atoms with Gasteiger partial charge >= 0.3 is 0 Å². The second-order valence-electron chi connectivity index (χ2n) is 4.35. The molecule has 0 spiro atoms. The van der Waals surface area contributed by atoms with Crippen LogP contribution in [-0.2, 0) is 6.42 Å². The molecule has 3 heteroatoms. The van der Waals surface area contributed by atoms with Crippen LogP contribution in [-0.4, -0.2) is 18.9 Å². The van der Waals surface area contributed by atoms with Crippen molar-refractivity contribution in [2.45, 2.75) is 25.8 Å². The summed E-state index contributed by atoms with van der Waals surface area (Å²) >= 11 is 0. The molecule has 1 aromatic carbocycles. The molecule has 0 bridgehead atoms. The van der Waals surface area contributed by atoms with Gasteiger partial charge in [0.15, 0.2) is 0 Å². The summed E-state index contributed by atoms with van der Waals surface area (Å²) in [5, 5.41) is 0. The van der Waals surface area contributed by atoms with E-state index in [2.05, 4.69) is 0 Å². The van der Waals surface area contributed by atoms with E-state index in [0.29, 0.717) is 12.0 Å². The minimum Gasteiger partial charge on any atom is -0.497 e. The molecule has 0 aromatic heterocycles. The van der Waals surface area contributed by atoms with Crippen LogP contribution in [0.15, 0.2) is 18.2 Å². The maximum atomic E-state index is 10.8. The standard InChI is InChI=1S/C12H17NO2/c1-12(2,13)7-10-6-11(15-3)5-4-9(10)8-14/h4-6,8H,7,13H2,1-3H3. The molecule has 15 heavy (non-hydrogen) atoms. The number of nitrogens with two attached hydrogens (primary N) is 1. The van der Waals surface area contributed by atoms with Crippen LogP contribution < -0.4 is 10.5 Å². The molecule has 2 N–H and O–H groups in total. The minimum atomic E-state index is -0.329. The van der Waals surface area contributed by atoms with Crippen LogP contribution >= 0.6 is 0 Å². The zero-order valence-electron chi connectivity index (χ0n) is 9.41. The molecule has 0 aliphatic rings. The number of hydrogen-bond donors (Lipinski definition) is 1. The lowest BCUT2D eigenvalue weighted by molar-refractivity contribution is 0.112. The Hall–Kier alpha value is -1.35. The maximum absolute atomic E-state index is 10.8. The quantitative estimate of drug-likeness (QED) is 0.766. The first kappa shape index (κ1) is 11.7. The topological polar surface area (TPSA) is 52.3 Å². The largest absolute Gasteiger partial charge is 0.497 e. The summed E-state index contributed by atoms with van der Waals surface area (Å²) in [6.07, 6.45) is 1.50. The Morgan fingerprint density at radius 3 is 2.60 bits per heavy atom. The van der Waals surface area contributed by atoms with Crippen LogP contribution in [0.4, 0.5) is 0 Å². The van der Waals surface area contributed by atoms with Crippen molar-refractivity contribution in [1.82, 2.24) is 0 Å². The minimum absolute atomic E-state index is 0.329. The molecular weight excluding hydrogens is 190 g/mol. The summed E-state index contributed by atoms with van der Waals surface area (Å²) in [6, 6.07) is 5.39. The predicted octanol–water partition coefficient (Wildman–Crippen LogP) is 1.79. The number of ether oxygens (including phenoxy) is 1. The lowest BCUT2D eigenvalue weighted by atomic mass is 9.93. The first-order valence-electron chi connectivity index (χ1n) is 4.87. The lowest BCUT2D eigenvalue weighted by Crippen LogP contribution is -2.34. The molecule has 82 valence electrons. The molecule has 0 unspecified atom stereocenters. The molecule has 0 aliphatic heterocycles. The summed E-state index contributed by atoms with van der Waals surface area (Å²) in [6.45, 7) is 3.86. The van der Waals surface area contributed by atoms with Crippen molar-refractivity contribution in [1.29, 1.82) is 0 Å². The van der Waals surface area contributed by atoms with Gasteiger partial charge in [-0.05, 0) is 44.0 Å². The van der Waals surface area contributed by atoms with Crippen LogP contribution in [0.1, 0.15) is 29.8 Å². The second kappa shape index (κ2) is 4.45. The molecule has 3 nitrogen and oxygen atoms in total. The number of carbonyl (C=O) groups is 1. The van der Waals surface area contributed by atoms with Gasteiger partial charge in [-0.15, -0.1) is 0 Å². The molecule has 1 aromatic rings. The van der Waals surface area contributed by atoms with Gasteiger partial charge < -0.3 is 10.5 Å². The van der Waals surface area contributed by atoms with Crippen molar-refractivity contribution in [2.75, 3.05) is 7.11 Å². The highest BCUT2D eigenvalue weighted by molar-refractivity contribution is 5.77. The van der Waals surface area contributed by atoms with Crippen molar-refractivity contribution in [3.63, 3.8) is 0 Å². The van der Waals surface area contributed by atoms with Crippen LogP contribution in [0.25, 0.3) is 0 Å². The van der Waals surface area contributed by atoms with Crippen molar-refractivity contribution >= 4 is 6.29 Å². The summed E-state index contributed by atoms with van der Waals surface area (Å²) in [5.74, 6) is 0.750. The van der Waals surface area contributed by atoms with Gasteiger partial charge in [-0.2, -0.15) is 0 Å². The monoisotopic (exact) mass is 207 g/mol. The third-order valence-corrected chi connectivity index (χ3v) is 2.12. The van der Waals surface area contributed by atoms with Crippen LogP contribution in [0.3, 0.4) is 0 Å². The Kier molecular flexibility index (Phi) is 3.48. The van der Waals surface area contributed by atoms with E-state index in [4.69, 9.17) is 10.5 Å². The van der Waals surface area contributed by atoms with E-state index < -0.39 is 0 Å². The zero-order valence-corrected chi connectivity index (χ0v) is 9.41. The van der Waals surface area contributed by atoms with E-state index in [1.807, 2.05) is 19.9 Å². The van der Waals surface area contributed by atoms with E-state index in [1.54, 1.807) is 19.2 Å². The summed E-state index contributed by atoms with van der Waals surface area (Å²) in [4.78, 5) is 10.8. The van der Waals surface area contributed by atoms with Crippen LogP contribution in [0.2, 0.25) is 0 Å². The van der Waals surface area contributed by atoms with Crippen molar-refractivity contribution < 1.29 is 9.53 Å². The fourth-order valence-corrected chi connectivity index (χ4v) is 1.47. The van der Waals surface area contributed by atoms with Crippen molar-refractivity contribution in [3.05, 3.63) is 29.3 Å². The third-order valence-electron chi connectivity index (χ3n) is 2.12. The summed E-state index contributed by atoms with van der Waals surface area (Å²) in [5.41, 5.74) is 7.20. The van der Waals surface area contributed by atoms with E-state index in [0.717, 1.165) is 17.6 Å². The molecule has 0 amide bonds. The highest BCUT2D eigenvalue weighted by Crippen LogP contribution is 2.20. The number of methoxy groups -OCH3 is 1. The molecule has 0 radical (unpaired) electrons. The van der Waals surface area contributed by atoms with Gasteiger partial charge in [0.2, 0.25) is 0 Å². The van der Waals surface area contributed by atoms with E-state index >= 15 is 0 Å². The maximum Gasteiger partial charge on any atom is 0.150 e. The first-order chi connectivity index (χ1) is 6.96. The van der Waals surface area contributed by atoms with E-state index in [-0.39, 0.29) is 5.54 Å². The Morgan fingerprint density at radius 2 is 2.13 bits per heavy atom. The number of carbonyl (C=O) groups excluding carboxylic acids is 1. The highest BCUT2D eigenvalue weighted by Gasteiger charge is 2.14. The fraction of sp³-hybridized carbons (Fsp3) is 0.417. The van der Waals surface area contributed by atoms with Crippen molar-refractivity contribution in [3.8, 4) is 5.75 Å². The number of aldehydes is 1. The number of benzene rings is 1. The van der Waals surface area contributed by atoms with Gasteiger partial charge in [0.1, 0.15) is 12.0 Å². The van der Waals surface area contributed by atoms with Gasteiger partial charge in [-0.25, -0.2) is 0 Å². The average Bonchev–Trinajstić information content (AvgIpc) is 2.15. The normalized spacial score (nSPS) is 11.2. The number of hydrogen-bond acceptors (Lipinski definition) is 3. The first-order valence-corrected chi connectivity index (χ1v) is 4.87. The van der Waals surface area contributed by atoms with Gasteiger partial charge in [0.25, 0.3) is 0 Å².